The fraction of sp³-hybridized carbons (Fsp3) is 0.344. The monoisotopic (exact) mass is 651 g/mol. The molecular weight excluding hydrogens is 618 g/mol. The van der Waals surface area contributed by atoms with E-state index in [9.17, 15) is 22.8 Å². The summed E-state index contributed by atoms with van der Waals surface area (Å²) in [5.41, 5.74) is 1.82. The molecule has 42 heavy (non-hydrogen) atoms. The molecule has 0 radical (unpaired) electrons. The number of carbonyl (C=O) groups is 3. The van der Waals surface area contributed by atoms with Crippen LogP contribution in [-0.4, -0.2) is 54.0 Å². The molecule has 3 amide bonds. The van der Waals surface area contributed by atoms with Crippen molar-refractivity contribution in [2.24, 2.45) is 0 Å². The summed E-state index contributed by atoms with van der Waals surface area (Å²) in [4.78, 5) is 42.4. The molecule has 2 aliphatic rings. The van der Waals surface area contributed by atoms with E-state index in [0.717, 1.165) is 52.0 Å². The van der Waals surface area contributed by atoms with Gasteiger partial charge in [-0.2, -0.15) is 0 Å². The molecule has 0 bridgehead atoms. The second kappa shape index (κ2) is 13.2. The third-order valence-electron chi connectivity index (χ3n) is 7.91. The van der Waals surface area contributed by atoms with E-state index < -0.39 is 27.9 Å². The number of sulfonamides is 1. The summed E-state index contributed by atoms with van der Waals surface area (Å²) in [6.07, 6.45) is 5.10. The molecular formula is C32H34BrN3O5S. The molecule has 0 aromatic heterocycles. The highest BCUT2D eigenvalue weighted by Crippen LogP contribution is 2.30. The van der Waals surface area contributed by atoms with Gasteiger partial charge in [0, 0.05) is 36.4 Å². The lowest BCUT2D eigenvalue weighted by Crippen LogP contribution is -2.53. The van der Waals surface area contributed by atoms with Gasteiger partial charge in [0.25, 0.3) is 15.9 Å². The molecule has 1 heterocycles. The first-order valence-corrected chi connectivity index (χ1v) is 16.5. The van der Waals surface area contributed by atoms with E-state index >= 15 is 0 Å². The van der Waals surface area contributed by atoms with E-state index in [4.69, 9.17) is 0 Å². The quantitative estimate of drug-likeness (QED) is 0.330. The van der Waals surface area contributed by atoms with E-state index in [1.165, 1.54) is 17.0 Å². The lowest BCUT2D eigenvalue weighted by molar-refractivity contribution is -0.141. The molecule has 1 saturated carbocycles. The van der Waals surface area contributed by atoms with Crippen LogP contribution in [0.4, 0.5) is 0 Å². The molecule has 1 unspecified atom stereocenters. The highest BCUT2D eigenvalue weighted by Gasteiger charge is 2.41. The first-order valence-electron chi connectivity index (χ1n) is 14.3. The van der Waals surface area contributed by atoms with Gasteiger partial charge in [0.2, 0.25) is 11.8 Å². The second-order valence-corrected chi connectivity index (χ2v) is 13.6. The molecule has 3 aromatic carbocycles. The fourth-order valence-electron chi connectivity index (χ4n) is 5.72. The Morgan fingerprint density at radius 3 is 2.33 bits per heavy atom. The summed E-state index contributed by atoms with van der Waals surface area (Å²) < 4.78 is 27.8. The maximum absolute atomic E-state index is 14.0. The number of hydrogen-bond acceptors (Lipinski definition) is 5. The van der Waals surface area contributed by atoms with E-state index in [-0.39, 0.29) is 41.9 Å². The van der Waals surface area contributed by atoms with E-state index in [0.29, 0.717) is 6.42 Å². The van der Waals surface area contributed by atoms with Crippen LogP contribution in [0, 0.1) is 0 Å². The topological polar surface area (TPSA) is 104 Å². The first kappa shape index (κ1) is 30.0. The Morgan fingerprint density at radius 1 is 0.929 bits per heavy atom. The van der Waals surface area contributed by atoms with Gasteiger partial charge in [0.1, 0.15) is 10.9 Å². The molecule has 220 valence electrons. The van der Waals surface area contributed by atoms with Crippen molar-refractivity contribution in [1.29, 1.82) is 0 Å². The molecule has 0 saturated heterocycles. The molecule has 0 spiro atoms. The number of nitrogens with one attached hydrogen (secondary N) is 1. The molecule has 1 aliphatic carbocycles. The van der Waals surface area contributed by atoms with Crippen LogP contribution in [0.15, 0.2) is 88.2 Å². The van der Waals surface area contributed by atoms with Crippen LogP contribution >= 0.6 is 15.9 Å². The highest BCUT2D eigenvalue weighted by molar-refractivity contribution is 9.10. The number of rotatable bonds is 10. The maximum atomic E-state index is 14.0. The molecule has 10 heteroatoms. The Labute approximate surface area is 255 Å². The molecule has 1 fully saturated rings. The number of carbonyl (C=O) groups excluding carboxylic acids is 3. The molecule has 8 nitrogen and oxygen atoms in total. The van der Waals surface area contributed by atoms with Gasteiger partial charge in [-0.25, -0.2) is 12.7 Å². The van der Waals surface area contributed by atoms with Crippen molar-refractivity contribution < 1.29 is 22.8 Å². The van der Waals surface area contributed by atoms with Gasteiger partial charge in [0.05, 0.1) is 5.56 Å². The number of fused-ring (bicyclic) bond motifs is 1. The molecule has 3 aromatic rings. The first-order chi connectivity index (χ1) is 20.2. The fourth-order valence-corrected chi connectivity index (χ4v) is 7.74. The van der Waals surface area contributed by atoms with Gasteiger partial charge in [-0.15, -0.1) is 0 Å². The summed E-state index contributed by atoms with van der Waals surface area (Å²) in [6, 6.07) is 22.3. The van der Waals surface area contributed by atoms with E-state index in [2.05, 4.69) is 21.2 Å². The second-order valence-electron chi connectivity index (χ2n) is 10.8. The van der Waals surface area contributed by atoms with E-state index in [1.807, 2.05) is 54.6 Å². The SMILES string of the molecule is O=C(NC1CCCCC1)C(Cc1ccccc1)N(Cc1cccc(Br)c1)C(=O)CCN1C(=O)c2ccccc2S1(=O)=O. The highest BCUT2D eigenvalue weighted by atomic mass is 79.9. The van der Waals surface area contributed by atoms with Crippen molar-refractivity contribution in [3.05, 3.63) is 100 Å². The van der Waals surface area contributed by atoms with Crippen molar-refractivity contribution in [3.63, 3.8) is 0 Å². The van der Waals surface area contributed by atoms with Crippen molar-refractivity contribution in [2.75, 3.05) is 6.54 Å². The molecule has 1 aliphatic heterocycles. The number of nitrogens with zero attached hydrogens (tertiary/aromatic N) is 2. The van der Waals surface area contributed by atoms with E-state index in [1.54, 1.807) is 12.1 Å². The Kier molecular flexibility index (Phi) is 9.43. The van der Waals surface area contributed by atoms with Crippen LogP contribution in [0.3, 0.4) is 0 Å². The molecule has 5 rings (SSSR count). The Hall–Kier alpha value is -3.50. The minimum Gasteiger partial charge on any atom is -0.352 e. The van der Waals surface area contributed by atoms with Gasteiger partial charge in [0.15, 0.2) is 0 Å². The summed E-state index contributed by atoms with van der Waals surface area (Å²) in [7, 11) is -4.06. The van der Waals surface area contributed by atoms with Gasteiger partial charge >= 0.3 is 0 Å². The third kappa shape index (κ3) is 6.76. The van der Waals surface area contributed by atoms with Crippen molar-refractivity contribution in [3.8, 4) is 0 Å². The average Bonchev–Trinajstić information content (AvgIpc) is 3.19. The number of halogens is 1. The Balaban J connectivity index is 1.43. The number of hydrogen-bond donors (Lipinski definition) is 1. The zero-order valence-electron chi connectivity index (χ0n) is 23.2. The van der Waals surface area contributed by atoms with Gasteiger partial charge in [-0.1, -0.05) is 89.8 Å². The zero-order valence-corrected chi connectivity index (χ0v) is 25.6. The van der Waals surface area contributed by atoms with Gasteiger partial charge in [-0.05, 0) is 48.2 Å². The predicted octanol–water partition coefficient (Wildman–Crippen LogP) is 5.07. The van der Waals surface area contributed by atoms with Crippen LogP contribution in [0.2, 0.25) is 0 Å². The largest absolute Gasteiger partial charge is 0.352 e. The van der Waals surface area contributed by atoms with Crippen LogP contribution in [0.1, 0.15) is 60.0 Å². The summed E-state index contributed by atoms with van der Waals surface area (Å²) >= 11 is 3.49. The predicted molar refractivity (Wildman–Crippen MR) is 163 cm³/mol. The van der Waals surface area contributed by atoms with Crippen LogP contribution in [0.5, 0.6) is 0 Å². The van der Waals surface area contributed by atoms with Crippen molar-refractivity contribution in [2.45, 2.75) is 68.5 Å². The van der Waals surface area contributed by atoms with Crippen molar-refractivity contribution >= 4 is 43.7 Å². The Bertz CT molecular complexity index is 1560. The number of amides is 3. The van der Waals surface area contributed by atoms with Crippen LogP contribution < -0.4 is 5.32 Å². The normalized spacial score (nSPS) is 17.0. The summed E-state index contributed by atoms with van der Waals surface area (Å²) in [5.74, 6) is -1.28. The Morgan fingerprint density at radius 2 is 1.62 bits per heavy atom. The average molecular weight is 653 g/mol. The zero-order chi connectivity index (χ0) is 29.7. The third-order valence-corrected chi connectivity index (χ3v) is 10.2. The summed E-state index contributed by atoms with van der Waals surface area (Å²) in [5, 5.41) is 3.20. The lowest BCUT2D eigenvalue weighted by atomic mass is 9.94. The van der Waals surface area contributed by atoms with Gasteiger partial charge in [-0.3, -0.25) is 14.4 Å². The lowest BCUT2D eigenvalue weighted by Gasteiger charge is -2.34. The van der Waals surface area contributed by atoms with Crippen molar-refractivity contribution in [1.82, 2.24) is 14.5 Å². The molecule has 1 N–H and O–H groups in total. The van der Waals surface area contributed by atoms with Crippen LogP contribution in [0.25, 0.3) is 0 Å². The standard InChI is InChI=1S/C32H34BrN3O5S/c33-25-13-9-12-24(20-25)22-35(30(37)18-19-36-32(39)27-16-7-8-17-29(27)42(36,40)41)28(21-23-10-3-1-4-11-23)31(38)34-26-14-5-2-6-15-26/h1,3-4,7-13,16-17,20,26,28H,2,5-6,14-15,18-19,21-22H2,(H,34,38). The summed E-state index contributed by atoms with van der Waals surface area (Å²) in [6.45, 7) is -0.166. The number of benzene rings is 3. The maximum Gasteiger partial charge on any atom is 0.269 e. The van der Waals surface area contributed by atoms with Crippen LogP contribution in [-0.2, 0) is 32.6 Å². The minimum atomic E-state index is -4.06. The molecule has 1 atom stereocenters. The minimum absolute atomic E-state index is 0.0535. The smallest absolute Gasteiger partial charge is 0.269 e. The van der Waals surface area contributed by atoms with Gasteiger partial charge < -0.3 is 10.2 Å².